The molecule has 2 heterocycles. The van der Waals surface area contributed by atoms with E-state index in [1.54, 1.807) is 11.8 Å². The summed E-state index contributed by atoms with van der Waals surface area (Å²) in [6.07, 6.45) is 0. The quantitative estimate of drug-likeness (QED) is 0.854. The second-order valence-corrected chi connectivity index (χ2v) is 6.29. The van der Waals surface area contributed by atoms with Gasteiger partial charge >= 0.3 is 5.97 Å². The molecule has 0 amide bonds. The van der Waals surface area contributed by atoms with Gasteiger partial charge < -0.3 is 14.6 Å². The number of nitrogens with one attached hydrogen (secondary N) is 1. The Bertz CT molecular complexity index is 525. The van der Waals surface area contributed by atoms with Crippen LogP contribution in [0.15, 0.2) is 16.6 Å². The zero-order chi connectivity index (χ0) is 13.4. The van der Waals surface area contributed by atoms with Crippen molar-refractivity contribution in [2.45, 2.75) is 11.4 Å². The van der Waals surface area contributed by atoms with E-state index in [1.807, 2.05) is 12.1 Å². The number of halogens is 1. The van der Waals surface area contributed by atoms with Crippen molar-refractivity contribution in [2.75, 3.05) is 19.0 Å². The topological polar surface area (TPSA) is 67.8 Å². The number of fused-ring (bicyclic) bond motifs is 1. The van der Waals surface area contributed by atoms with Crippen molar-refractivity contribution in [3.63, 3.8) is 0 Å². The molecule has 0 saturated carbocycles. The normalized spacial score (nSPS) is 25.3. The largest absolute Gasteiger partial charge is 0.486 e. The molecule has 3 rings (SSSR count). The number of thioether (sulfide) groups is 1. The summed E-state index contributed by atoms with van der Waals surface area (Å²) in [5.41, 5.74) is 0.991. The minimum atomic E-state index is -0.813. The molecule has 2 aliphatic heterocycles. The summed E-state index contributed by atoms with van der Waals surface area (Å²) in [6.45, 7) is 1.08. The van der Waals surface area contributed by atoms with Crippen LogP contribution in [0.1, 0.15) is 10.9 Å². The second-order valence-electron chi connectivity index (χ2n) is 4.30. The first-order valence-corrected chi connectivity index (χ1v) is 7.69. The highest BCUT2D eigenvalue weighted by molar-refractivity contribution is 9.10. The van der Waals surface area contributed by atoms with Crippen molar-refractivity contribution in [3.8, 4) is 11.5 Å². The van der Waals surface area contributed by atoms with Gasteiger partial charge in [-0.1, -0.05) is 0 Å². The summed E-state index contributed by atoms with van der Waals surface area (Å²) in [5, 5.41) is 12.0. The van der Waals surface area contributed by atoms with Gasteiger partial charge in [0, 0.05) is 5.75 Å². The Morgan fingerprint density at radius 3 is 2.95 bits per heavy atom. The average Bonchev–Trinajstić information content (AvgIpc) is 2.88. The molecule has 0 bridgehead atoms. The Kier molecular flexibility index (Phi) is 3.60. The van der Waals surface area contributed by atoms with E-state index >= 15 is 0 Å². The van der Waals surface area contributed by atoms with Crippen LogP contribution in [-0.4, -0.2) is 36.1 Å². The lowest BCUT2D eigenvalue weighted by Crippen LogP contribution is -2.33. The van der Waals surface area contributed by atoms with Gasteiger partial charge in [0.2, 0.25) is 0 Å². The molecule has 1 aromatic carbocycles. The summed E-state index contributed by atoms with van der Waals surface area (Å²) in [6, 6.07) is 3.36. The second kappa shape index (κ2) is 5.22. The number of ether oxygens (including phenoxy) is 2. The number of carboxylic acid groups (broad SMARTS) is 1. The van der Waals surface area contributed by atoms with Crippen molar-refractivity contribution >= 4 is 33.7 Å². The SMILES string of the molecule is O=C(O)C1CSC(c2cc(Br)c3c(c2)OCCO3)N1. The maximum Gasteiger partial charge on any atom is 0.321 e. The zero-order valence-electron chi connectivity index (χ0n) is 9.89. The maximum atomic E-state index is 10.9. The van der Waals surface area contributed by atoms with E-state index in [1.165, 1.54) is 0 Å². The van der Waals surface area contributed by atoms with Crippen LogP contribution in [0, 0.1) is 0 Å². The van der Waals surface area contributed by atoms with Gasteiger partial charge in [0.05, 0.1) is 9.85 Å². The lowest BCUT2D eigenvalue weighted by Gasteiger charge is -2.22. The van der Waals surface area contributed by atoms with E-state index in [4.69, 9.17) is 14.6 Å². The van der Waals surface area contributed by atoms with E-state index in [0.717, 1.165) is 10.0 Å². The first-order chi connectivity index (χ1) is 9.15. The predicted molar refractivity (Wildman–Crippen MR) is 74.9 cm³/mol. The number of hydrogen-bond acceptors (Lipinski definition) is 5. The number of benzene rings is 1. The first kappa shape index (κ1) is 13.1. The average molecular weight is 346 g/mol. The lowest BCUT2D eigenvalue weighted by atomic mass is 10.2. The maximum absolute atomic E-state index is 10.9. The third-order valence-corrected chi connectivity index (χ3v) is 4.86. The van der Waals surface area contributed by atoms with Crippen molar-refractivity contribution in [1.29, 1.82) is 0 Å². The minimum Gasteiger partial charge on any atom is -0.486 e. The van der Waals surface area contributed by atoms with Crippen LogP contribution in [0.25, 0.3) is 0 Å². The fourth-order valence-corrected chi connectivity index (χ4v) is 3.88. The molecule has 0 aliphatic carbocycles. The minimum absolute atomic E-state index is 0.0340. The highest BCUT2D eigenvalue weighted by Gasteiger charge is 2.31. The van der Waals surface area contributed by atoms with E-state index in [2.05, 4.69) is 21.2 Å². The molecule has 102 valence electrons. The van der Waals surface area contributed by atoms with Crippen molar-refractivity contribution in [3.05, 3.63) is 22.2 Å². The Morgan fingerprint density at radius 1 is 1.42 bits per heavy atom. The fourth-order valence-electron chi connectivity index (χ4n) is 2.09. The molecule has 1 saturated heterocycles. The van der Waals surface area contributed by atoms with Gasteiger partial charge in [-0.15, -0.1) is 11.8 Å². The molecule has 2 unspecified atom stereocenters. The molecular weight excluding hydrogens is 334 g/mol. The molecule has 1 aromatic rings. The third kappa shape index (κ3) is 2.54. The van der Waals surface area contributed by atoms with Gasteiger partial charge in [0.25, 0.3) is 0 Å². The first-order valence-electron chi connectivity index (χ1n) is 5.84. The van der Waals surface area contributed by atoms with Crippen LogP contribution >= 0.6 is 27.7 Å². The molecule has 2 aliphatic rings. The Hall–Kier alpha value is -0.920. The summed E-state index contributed by atoms with van der Waals surface area (Å²) in [4.78, 5) is 10.9. The molecule has 0 spiro atoms. The van der Waals surface area contributed by atoms with Gasteiger partial charge in [-0.05, 0) is 33.6 Å². The molecular formula is C12H12BrNO4S. The molecule has 0 aromatic heterocycles. The van der Waals surface area contributed by atoms with Crippen LogP contribution in [-0.2, 0) is 4.79 Å². The van der Waals surface area contributed by atoms with Crippen LogP contribution < -0.4 is 14.8 Å². The highest BCUT2D eigenvalue weighted by Crippen LogP contribution is 2.43. The van der Waals surface area contributed by atoms with Crippen LogP contribution in [0.5, 0.6) is 11.5 Å². The molecule has 7 heteroatoms. The summed E-state index contributed by atoms with van der Waals surface area (Å²) < 4.78 is 11.9. The summed E-state index contributed by atoms with van der Waals surface area (Å²) >= 11 is 5.05. The molecule has 2 N–H and O–H groups in total. The smallest absolute Gasteiger partial charge is 0.321 e. The Morgan fingerprint density at radius 2 is 2.21 bits per heavy atom. The van der Waals surface area contributed by atoms with Crippen molar-refractivity contribution < 1.29 is 19.4 Å². The number of hydrogen-bond donors (Lipinski definition) is 2. The number of aliphatic carboxylic acids is 1. The van der Waals surface area contributed by atoms with Gasteiger partial charge in [-0.3, -0.25) is 10.1 Å². The van der Waals surface area contributed by atoms with Gasteiger partial charge in [-0.25, -0.2) is 0 Å². The Labute approximate surface area is 122 Å². The lowest BCUT2D eigenvalue weighted by molar-refractivity contribution is -0.138. The monoisotopic (exact) mass is 345 g/mol. The zero-order valence-corrected chi connectivity index (χ0v) is 12.3. The molecule has 0 radical (unpaired) electrons. The van der Waals surface area contributed by atoms with Gasteiger partial charge in [-0.2, -0.15) is 0 Å². The van der Waals surface area contributed by atoms with Crippen LogP contribution in [0.3, 0.4) is 0 Å². The number of rotatable bonds is 2. The molecule has 1 fully saturated rings. The van der Waals surface area contributed by atoms with E-state index in [9.17, 15) is 4.79 Å². The third-order valence-electron chi connectivity index (χ3n) is 3.00. The van der Waals surface area contributed by atoms with Crippen molar-refractivity contribution in [2.24, 2.45) is 0 Å². The molecule has 19 heavy (non-hydrogen) atoms. The molecule has 5 nitrogen and oxygen atoms in total. The van der Waals surface area contributed by atoms with Gasteiger partial charge in [0.15, 0.2) is 11.5 Å². The Balaban J connectivity index is 1.86. The summed E-state index contributed by atoms with van der Waals surface area (Å²) in [7, 11) is 0. The van der Waals surface area contributed by atoms with Gasteiger partial charge in [0.1, 0.15) is 19.3 Å². The highest BCUT2D eigenvalue weighted by atomic mass is 79.9. The fraction of sp³-hybridized carbons (Fsp3) is 0.417. The van der Waals surface area contributed by atoms with Crippen LogP contribution in [0.2, 0.25) is 0 Å². The van der Waals surface area contributed by atoms with Crippen LogP contribution in [0.4, 0.5) is 0 Å². The standard InChI is InChI=1S/C12H12BrNO4S/c13-7-3-6(4-9-10(7)18-2-1-17-9)11-14-8(5-19-11)12(15)16/h3-4,8,11,14H,1-2,5H2,(H,15,16). The molecule has 2 atom stereocenters. The van der Waals surface area contributed by atoms with E-state index in [0.29, 0.717) is 30.5 Å². The number of carbonyl (C=O) groups is 1. The van der Waals surface area contributed by atoms with E-state index < -0.39 is 12.0 Å². The summed E-state index contributed by atoms with van der Waals surface area (Å²) in [5.74, 6) is 1.17. The van der Waals surface area contributed by atoms with E-state index in [-0.39, 0.29) is 5.37 Å². The predicted octanol–water partition coefficient (Wildman–Crippen LogP) is 2.01. The van der Waals surface area contributed by atoms with Crippen molar-refractivity contribution in [1.82, 2.24) is 5.32 Å². The number of carboxylic acids is 1.